The molecule has 3 aromatic rings. The molecule has 2 heterocycles. The molecule has 1 atom stereocenters. The maximum atomic E-state index is 12.9. The minimum atomic E-state index is -0.218. The van der Waals surface area contributed by atoms with Gasteiger partial charge in [0.05, 0.1) is 18.1 Å². The van der Waals surface area contributed by atoms with Crippen molar-refractivity contribution in [2.75, 3.05) is 0 Å². The number of aromatic nitrogens is 3. The molecule has 0 saturated heterocycles. The van der Waals surface area contributed by atoms with Gasteiger partial charge in [-0.05, 0) is 40.5 Å². The molecule has 1 unspecified atom stereocenters. The molecule has 0 aliphatic rings. The van der Waals surface area contributed by atoms with Crippen LogP contribution in [0.1, 0.15) is 24.2 Å². The summed E-state index contributed by atoms with van der Waals surface area (Å²) in [6, 6.07) is 6.67. The number of halogens is 2. The fourth-order valence-corrected chi connectivity index (χ4v) is 2.48. The molecule has 0 saturated carbocycles. The van der Waals surface area contributed by atoms with Crippen LogP contribution in [0.4, 0.5) is 4.39 Å². The molecule has 0 fully saturated rings. The Balaban J connectivity index is 1.74. The lowest BCUT2D eigenvalue weighted by atomic mass is 10.1. The molecule has 0 amide bonds. The van der Waals surface area contributed by atoms with E-state index in [0.717, 1.165) is 21.5 Å². The molecule has 1 N–H and O–H groups in total. The summed E-state index contributed by atoms with van der Waals surface area (Å²) in [7, 11) is 0. The van der Waals surface area contributed by atoms with Gasteiger partial charge in [0.1, 0.15) is 10.4 Å². The minimum Gasteiger partial charge on any atom is -0.305 e. The summed E-state index contributed by atoms with van der Waals surface area (Å²) >= 11 is 3.36. The molecular weight excluding hydrogens is 335 g/mol. The maximum Gasteiger partial charge on any atom is 0.155 e. The third kappa shape index (κ3) is 3.11. The van der Waals surface area contributed by atoms with Crippen molar-refractivity contribution in [3.05, 3.63) is 64.5 Å². The van der Waals surface area contributed by atoms with Gasteiger partial charge in [-0.25, -0.2) is 14.4 Å². The molecule has 2 aromatic heterocycles. The highest BCUT2D eigenvalue weighted by atomic mass is 79.9. The monoisotopic (exact) mass is 348 g/mol. The van der Waals surface area contributed by atoms with Crippen LogP contribution in [0.2, 0.25) is 0 Å². The number of benzene rings is 1. The van der Waals surface area contributed by atoms with Crippen molar-refractivity contribution in [2.24, 2.45) is 0 Å². The van der Waals surface area contributed by atoms with Crippen LogP contribution in [-0.2, 0) is 6.54 Å². The van der Waals surface area contributed by atoms with E-state index >= 15 is 0 Å². The van der Waals surface area contributed by atoms with Crippen LogP contribution in [0, 0.1) is 5.82 Å². The third-order valence-corrected chi connectivity index (χ3v) is 3.81. The van der Waals surface area contributed by atoms with E-state index in [1.54, 1.807) is 18.3 Å². The second-order valence-corrected chi connectivity index (χ2v) is 5.65. The van der Waals surface area contributed by atoms with Gasteiger partial charge in [0.15, 0.2) is 5.65 Å². The number of nitrogens with zero attached hydrogens (tertiary/aromatic N) is 3. The molecule has 108 valence electrons. The number of hydrogen-bond acceptors (Lipinski definition) is 3. The van der Waals surface area contributed by atoms with Crippen LogP contribution in [0.5, 0.6) is 0 Å². The largest absolute Gasteiger partial charge is 0.305 e. The lowest BCUT2D eigenvalue weighted by Gasteiger charge is -2.14. The predicted molar refractivity (Wildman–Crippen MR) is 82.3 cm³/mol. The number of imidazole rings is 1. The second-order valence-electron chi connectivity index (χ2n) is 4.84. The third-order valence-electron chi connectivity index (χ3n) is 3.40. The molecule has 0 aliphatic heterocycles. The Labute approximate surface area is 130 Å². The van der Waals surface area contributed by atoms with E-state index in [1.165, 1.54) is 12.1 Å². The smallest absolute Gasteiger partial charge is 0.155 e. The molecule has 1 aromatic carbocycles. The van der Waals surface area contributed by atoms with E-state index in [-0.39, 0.29) is 11.9 Å². The van der Waals surface area contributed by atoms with E-state index in [2.05, 4.69) is 31.2 Å². The minimum absolute atomic E-state index is 0.126. The molecule has 0 aliphatic carbocycles. The number of rotatable bonds is 4. The zero-order valence-electron chi connectivity index (χ0n) is 11.4. The lowest BCUT2D eigenvalue weighted by molar-refractivity contribution is 0.563. The van der Waals surface area contributed by atoms with Gasteiger partial charge in [0, 0.05) is 18.8 Å². The Bertz CT molecular complexity index is 754. The van der Waals surface area contributed by atoms with Crippen LogP contribution in [0.25, 0.3) is 5.65 Å². The summed E-state index contributed by atoms with van der Waals surface area (Å²) in [6.45, 7) is 2.71. The molecule has 0 radical (unpaired) electrons. The summed E-state index contributed by atoms with van der Waals surface area (Å²) in [5, 5.41) is 3.41. The Hall–Kier alpha value is -1.79. The van der Waals surface area contributed by atoms with Crippen molar-refractivity contribution in [1.29, 1.82) is 0 Å². The van der Waals surface area contributed by atoms with Crippen molar-refractivity contribution in [3.63, 3.8) is 0 Å². The zero-order chi connectivity index (χ0) is 14.8. The van der Waals surface area contributed by atoms with E-state index in [1.807, 2.05) is 23.7 Å². The fourth-order valence-electron chi connectivity index (χ4n) is 2.17. The Morgan fingerprint density at radius 3 is 2.76 bits per heavy atom. The van der Waals surface area contributed by atoms with Gasteiger partial charge in [-0.15, -0.1) is 0 Å². The van der Waals surface area contributed by atoms with Gasteiger partial charge >= 0.3 is 0 Å². The van der Waals surface area contributed by atoms with E-state index in [4.69, 9.17) is 0 Å². The average molecular weight is 349 g/mol. The quantitative estimate of drug-likeness (QED) is 0.784. The Kier molecular flexibility index (Phi) is 3.98. The first-order valence-electron chi connectivity index (χ1n) is 6.60. The fraction of sp³-hybridized carbons (Fsp3) is 0.200. The first kappa shape index (κ1) is 14.2. The van der Waals surface area contributed by atoms with Crippen LogP contribution >= 0.6 is 15.9 Å². The first-order chi connectivity index (χ1) is 10.1. The molecule has 0 spiro atoms. The SMILES string of the molecule is CC(NCc1cnc2cnc(Br)cn12)c1ccc(F)cc1. The summed E-state index contributed by atoms with van der Waals surface area (Å²) in [4.78, 5) is 8.46. The predicted octanol–water partition coefficient (Wildman–Crippen LogP) is 3.48. The number of fused-ring (bicyclic) bond motifs is 1. The topological polar surface area (TPSA) is 42.2 Å². The highest BCUT2D eigenvalue weighted by Crippen LogP contribution is 2.15. The molecule has 21 heavy (non-hydrogen) atoms. The van der Waals surface area contributed by atoms with Gasteiger partial charge in [-0.2, -0.15) is 0 Å². The van der Waals surface area contributed by atoms with Crippen LogP contribution in [0.15, 0.2) is 47.5 Å². The second kappa shape index (κ2) is 5.91. The van der Waals surface area contributed by atoms with Crippen molar-refractivity contribution < 1.29 is 4.39 Å². The van der Waals surface area contributed by atoms with Gasteiger partial charge in [0.2, 0.25) is 0 Å². The standard InChI is InChI=1S/C15H14BrFN4/c1-10(11-2-4-12(17)5-3-11)18-6-13-7-20-15-8-19-14(16)9-21(13)15/h2-5,7-10,18H,6H2,1H3. The lowest BCUT2D eigenvalue weighted by Crippen LogP contribution is -2.19. The van der Waals surface area contributed by atoms with Gasteiger partial charge in [-0.1, -0.05) is 12.1 Å². The Morgan fingerprint density at radius 1 is 1.24 bits per heavy atom. The summed E-state index contributed by atoms with van der Waals surface area (Å²) in [6.07, 6.45) is 5.44. The first-order valence-corrected chi connectivity index (χ1v) is 7.39. The summed E-state index contributed by atoms with van der Waals surface area (Å²) in [5.41, 5.74) is 2.90. The zero-order valence-corrected chi connectivity index (χ0v) is 13.0. The number of nitrogens with one attached hydrogen (secondary N) is 1. The van der Waals surface area contributed by atoms with Crippen LogP contribution in [0.3, 0.4) is 0 Å². The van der Waals surface area contributed by atoms with Crippen molar-refractivity contribution in [1.82, 2.24) is 19.7 Å². The highest BCUT2D eigenvalue weighted by molar-refractivity contribution is 9.10. The molecule has 3 rings (SSSR count). The Morgan fingerprint density at radius 2 is 2.00 bits per heavy atom. The molecule has 6 heteroatoms. The summed E-state index contributed by atoms with van der Waals surface area (Å²) in [5.74, 6) is -0.218. The van der Waals surface area contributed by atoms with Crippen LogP contribution < -0.4 is 5.32 Å². The molecular formula is C15H14BrFN4. The van der Waals surface area contributed by atoms with Crippen molar-refractivity contribution in [3.8, 4) is 0 Å². The van der Waals surface area contributed by atoms with E-state index in [9.17, 15) is 4.39 Å². The van der Waals surface area contributed by atoms with Gasteiger partial charge in [0.25, 0.3) is 0 Å². The van der Waals surface area contributed by atoms with E-state index in [0.29, 0.717) is 6.54 Å². The number of hydrogen-bond donors (Lipinski definition) is 1. The van der Waals surface area contributed by atoms with Gasteiger partial charge in [-0.3, -0.25) is 4.40 Å². The molecule has 0 bridgehead atoms. The molecule has 4 nitrogen and oxygen atoms in total. The normalized spacial score (nSPS) is 12.7. The van der Waals surface area contributed by atoms with Crippen molar-refractivity contribution >= 4 is 21.6 Å². The van der Waals surface area contributed by atoms with E-state index < -0.39 is 0 Å². The summed E-state index contributed by atoms with van der Waals surface area (Å²) < 4.78 is 15.7. The van der Waals surface area contributed by atoms with Gasteiger partial charge < -0.3 is 5.32 Å². The van der Waals surface area contributed by atoms with Crippen LogP contribution in [-0.4, -0.2) is 14.4 Å². The average Bonchev–Trinajstić information content (AvgIpc) is 2.88. The van der Waals surface area contributed by atoms with Crippen molar-refractivity contribution in [2.45, 2.75) is 19.5 Å². The highest BCUT2D eigenvalue weighted by Gasteiger charge is 2.08. The maximum absolute atomic E-state index is 12.9.